The number of rotatable bonds is 6. The second-order valence-electron chi connectivity index (χ2n) is 6.10. The van der Waals surface area contributed by atoms with Crippen LogP contribution in [0.15, 0.2) is 41.4 Å². The lowest BCUT2D eigenvalue weighted by atomic mass is 10.2. The van der Waals surface area contributed by atoms with Gasteiger partial charge in [0.15, 0.2) is 0 Å². The highest BCUT2D eigenvalue weighted by atomic mass is 32.2. The zero-order chi connectivity index (χ0) is 18.9. The molecule has 1 aromatic heterocycles. The molecule has 0 bridgehead atoms. The SMILES string of the molecule is CCN(CC)c1ccc(NS(=O)(=O)c2ccc3c(c2)CC(=O)N3C)nc1. The lowest BCUT2D eigenvalue weighted by Gasteiger charge is -2.20. The summed E-state index contributed by atoms with van der Waals surface area (Å²) in [6, 6.07) is 8.19. The molecule has 0 fully saturated rings. The van der Waals surface area contributed by atoms with E-state index in [-0.39, 0.29) is 23.0 Å². The first kappa shape index (κ1) is 18.2. The molecule has 0 saturated heterocycles. The van der Waals surface area contributed by atoms with Gasteiger partial charge in [0.1, 0.15) is 5.82 Å². The zero-order valence-corrected chi connectivity index (χ0v) is 15.9. The molecule has 138 valence electrons. The maximum Gasteiger partial charge on any atom is 0.263 e. The Hall–Kier alpha value is -2.61. The van der Waals surface area contributed by atoms with Gasteiger partial charge in [0.05, 0.1) is 23.2 Å². The van der Waals surface area contributed by atoms with Crippen LogP contribution in [0.25, 0.3) is 0 Å². The minimum atomic E-state index is -3.77. The van der Waals surface area contributed by atoms with Crippen LogP contribution >= 0.6 is 0 Å². The smallest absolute Gasteiger partial charge is 0.263 e. The number of benzene rings is 1. The molecule has 0 radical (unpaired) electrons. The van der Waals surface area contributed by atoms with Crippen molar-refractivity contribution in [1.29, 1.82) is 0 Å². The van der Waals surface area contributed by atoms with Gasteiger partial charge in [-0.2, -0.15) is 0 Å². The molecule has 1 aliphatic heterocycles. The molecule has 1 aliphatic rings. The van der Waals surface area contributed by atoms with Crippen LogP contribution in [0.2, 0.25) is 0 Å². The fourth-order valence-electron chi connectivity index (χ4n) is 3.03. The molecule has 2 aromatic rings. The topological polar surface area (TPSA) is 82.6 Å². The fraction of sp³-hybridized carbons (Fsp3) is 0.333. The van der Waals surface area contributed by atoms with E-state index in [0.29, 0.717) is 5.56 Å². The zero-order valence-electron chi connectivity index (χ0n) is 15.1. The summed E-state index contributed by atoms with van der Waals surface area (Å²) in [5.74, 6) is 0.214. The first-order valence-corrected chi connectivity index (χ1v) is 9.97. The Balaban J connectivity index is 1.82. The molecule has 0 atom stereocenters. The molecule has 3 rings (SSSR count). The third-order valence-electron chi connectivity index (χ3n) is 4.55. The normalized spacial score (nSPS) is 13.7. The lowest BCUT2D eigenvalue weighted by molar-refractivity contribution is -0.117. The van der Waals surface area contributed by atoms with E-state index >= 15 is 0 Å². The summed E-state index contributed by atoms with van der Waals surface area (Å²) in [5, 5.41) is 0. The fourth-order valence-corrected chi connectivity index (χ4v) is 4.09. The van der Waals surface area contributed by atoms with Crippen molar-refractivity contribution >= 4 is 33.1 Å². The van der Waals surface area contributed by atoms with Crippen molar-refractivity contribution in [3.8, 4) is 0 Å². The maximum absolute atomic E-state index is 12.6. The third-order valence-corrected chi connectivity index (χ3v) is 5.91. The predicted molar refractivity (Wildman–Crippen MR) is 102 cm³/mol. The van der Waals surface area contributed by atoms with Crippen LogP contribution in [-0.4, -0.2) is 39.4 Å². The highest BCUT2D eigenvalue weighted by Crippen LogP contribution is 2.30. The Bertz CT molecular complexity index is 922. The van der Waals surface area contributed by atoms with E-state index in [1.54, 1.807) is 31.4 Å². The van der Waals surface area contributed by atoms with E-state index < -0.39 is 10.0 Å². The summed E-state index contributed by atoms with van der Waals surface area (Å²) >= 11 is 0. The van der Waals surface area contributed by atoms with Crippen molar-refractivity contribution in [2.45, 2.75) is 25.2 Å². The van der Waals surface area contributed by atoms with Crippen LogP contribution in [0.3, 0.4) is 0 Å². The van der Waals surface area contributed by atoms with Crippen molar-refractivity contribution in [1.82, 2.24) is 4.98 Å². The van der Waals surface area contributed by atoms with Gasteiger partial charge < -0.3 is 9.80 Å². The minimum absolute atomic E-state index is 0.0452. The number of hydrogen-bond acceptors (Lipinski definition) is 5. The van der Waals surface area contributed by atoms with Crippen LogP contribution in [0, 0.1) is 0 Å². The number of anilines is 3. The average molecular weight is 374 g/mol. The number of carbonyl (C=O) groups excluding carboxylic acids is 1. The van der Waals surface area contributed by atoms with Gasteiger partial charge in [0.25, 0.3) is 10.0 Å². The van der Waals surface area contributed by atoms with E-state index in [4.69, 9.17) is 0 Å². The number of carbonyl (C=O) groups is 1. The van der Waals surface area contributed by atoms with Crippen molar-refractivity contribution in [2.24, 2.45) is 0 Å². The van der Waals surface area contributed by atoms with Gasteiger partial charge in [-0.1, -0.05) is 0 Å². The van der Waals surface area contributed by atoms with E-state index in [1.165, 1.54) is 11.0 Å². The number of hydrogen-bond donors (Lipinski definition) is 1. The third kappa shape index (κ3) is 3.37. The number of pyridine rings is 1. The Morgan fingerprint density at radius 2 is 1.92 bits per heavy atom. The van der Waals surface area contributed by atoms with Crippen LogP contribution in [-0.2, 0) is 21.2 Å². The van der Waals surface area contributed by atoms with Crippen LogP contribution < -0.4 is 14.5 Å². The molecule has 8 heteroatoms. The molecule has 2 heterocycles. The van der Waals surface area contributed by atoms with Gasteiger partial charge in [0, 0.05) is 25.8 Å². The highest BCUT2D eigenvalue weighted by molar-refractivity contribution is 7.92. The largest absolute Gasteiger partial charge is 0.371 e. The molecule has 7 nitrogen and oxygen atoms in total. The number of nitrogens with one attached hydrogen (secondary N) is 1. The van der Waals surface area contributed by atoms with Crippen LogP contribution in [0.1, 0.15) is 19.4 Å². The van der Waals surface area contributed by atoms with Crippen molar-refractivity contribution in [3.05, 3.63) is 42.1 Å². The van der Waals surface area contributed by atoms with Gasteiger partial charge in [-0.05, 0) is 49.7 Å². The van der Waals surface area contributed by atoms with E-state index in [1.807, 2.05) is 6.07 Å². The van der Waals surface area contributed by atoms with Crippen molar-refractivity contribution in [3.63, 3.8) is 0 Å². The number of likely N-dealkylation sites (N-methyl/N-ethyl adjacent to an activating group) is 1. The summed E-state index contributed by atoms with van der Waals surface area (Å²) in [5.41, 5.74) is 2.40. The van der Waals surface area contributed by atoms with E-state index in [2.05, 4.69) is 28.5 Å². The molecule has 1 amide bonds. The second-order valence-corrected chi connectivity index (χ2v) is 7.78. The lowest BCUT2D eigenvalue weighted by Crippen LogP contribution is -2.22. The summed E-state index contributed by atoms with van der Waals surface area (Å²) in [7, 11) is -2.09. The molecule has 26 heavy (non-hydrogen) atoms. The van der Waals surface area contributed by atoms with Crippen LogP contribution in [0.5, 0.6) is 0 Å². The standard InChI is InChI=1S/C18H22N4O3S/c1-4-22(5-2)14-6-9-17(19-12-14)20-26(24,25)15-7-8-16-13(10-15)11-18(23)21(16)3/h6-10,12H,4-5,11H2,1-3H3,(H,19,20). The monoisotopic (exact) mass is 374 g/mol. The number of nitrogens with zero attached hydrogens (tertiary/aromatic N) is 3. The summed E-state index contributed by atoms with van der Waals surface area (Å²) in [6.45, 7) is 5.81. The molecule has 1 N–H and O–H groups in total. The quantitative estimate of drug-likeness (QED) is 0.839. The minimum Gasteiger partial charge on any atom is -0.371 e. The maximum atomic E-state index is 12.6. The molecule has 0 unspecified atom stereocenters. The predicted octanol–water partition coefficient (Wildman–Crippen LogP) is 2.25. The van der Waals surface area contributed by atoms with E-state index in [9.17, 15) is 13.2 Å². The summed E-state index contributed by atoms with van der Waals surface area (Å²) in [6.07, 6.45) is 1.87. The highest BCUT2D eigenvalue weighted by Gasteiger charge is 2.26. The van der Waals surface area contributed by atoms with Gasteiger partial charge >= 0.3 is 0 Å². The number of aromatic nitrogens is 1. The molecule has 1 aromatic carbocycles. The molecular formula is C18H22N4O3S. The van der Waals surface area contributed by atoms with Gasteiger partial charge in [0.2, 0.25) is 5.91 Å². The molecule has 0 saturated carbocycles. The van der Waals surface area contributed by atoms with Gasteiger partial charge in [-0.25, -0.2) is 13.4 Å². The first-order chi connectivity index (χ1) is 12.4. The summed E-state index contributed by atoms with van der Waals surface area (Å²) < 4.78 is 27.8. The number of fused-ring (bicyclic) bond motifs is 1. The Kier molecular flexibility index (Phi) is 4.86. The van der Waals surface area contributed by atoms with E-state index in [0.717, 1.165) is 24.5 Å². The van der Waals surface area contributed by atoms with Gasteiger partial charge in [-0.3, -0.25) is 9.52 Å². The Morgan fingerprint density at radius 1 is 1.19 bits per heavy atom. The van der Waals surface area contributed by atoms with Crippen molar-refractivity contribution < 1.29 is 13.2 Å². The van der Waals surface area contributed by atoms with Crippen LogP contribution in [0.4, 0.5) is 17.2 Å². The number of amides is 1. The van der Waals surface area contributed by atoms with Crippen molar-refractivity contribution in [2.75, 3.05) is 34.7 Å². The first-order valence-electron chi connectivity index (χ1n) is 8.49. The molecule has 0 aliphatic carbocycles. The summed E-state index contributed by atoms with van der Waals surface area (Å²) in [4.78, 5) is 19.8. The average Bonchev–Trinajstić information content (AvgIpc) is 2.91. The Morgan fingerprint density at radius 3 is 2.54 bits per heavy atom. The Labute approximate surface area is 153 Å². The second kappa shape index (κ2) is 6.95. The number of sulfonamides is 1. The van der Waals surface area contributed by atoms with Gasteiger partial charge in [-0.15, -0.1) is 0 Å². The molecule has 0 spiro atoms. The molecular weight excluding hydrogens is 352 g/mol.